The molecule has 5 heteroatoms. The molecule has 144 valence electrons. The van der Waals surface area contributed by atoms with Gasteiger partial charge in [0.1, 0.15) is 5.82 Å². The van der Waals surface area contributed by atoms with Crippen LogP contribution in [-0.2, 0) is 16.6 Å². The fourth-order valence-corrected chi connectivity index (χ4v) is 3.79. The van der Waals surface area contributed by atoms with Gasteiger partial charge in [0, 0.05) is 19.1 Å². The van der Waals surface area contributed by atoms with E-state index < -0.39 is 11.4 Å². The van der Waals surface area contributed by atoms with Gasteiger partial charge in [0.2, 0.25) is 0 Å². The van der Waals surface area contributed by atoms with Gasteiger partial charge in [-0.3, -0.25) is 4.79 Å². The fraction of sp³-hybridized carbons (Fsp3) is 0.619. The number of hydrogen-bond donors (Lipinski definition) is 2. The minimum absolute atomic E-state index is 0.170. The molecule has 2 N–H and O–H groups in total. The zero-order valence-corrected chi connectivity index (χ0v) is 16.0. The van der Waals surface area contributed by atoms with Gasteiger partial charge in [-0.2, -0.15) is 5.26 Å². The van der Waals surface area contributed by atoms with Crippen molar-refractivity contribution in [2.24, 2.45) is 11.8 Å². The Morgan fingerprint density at radius 3 is 2.46 bits per heavy atom. The van der Waals surface area contributed by atoms with E-state index in [0.29, 0.717) is 17.9 Å². The molecule has 1 saturated carbocycles. The van der Waals surface area contributed by atoms with E-state index in [4.69, 9.17) is 15.5 Å². The molecule has 0 heterocycles. The molecule has 0 saturated heterocycles. The number of nitriles is 1. The first kappa shape index (κ1) is 22.1. The first-order valence-electron chi connectivity index (χ1n) is 9.20. The number of rotatable bonds is 7. The third-order valence-corrected chi connectivity index (χ3v) is 5.29. The van der Waals surface area contributed by atoms with Crippen molar-refractivity contribution < 1.29 is 19.4 Å². The lowest BCUT2D eigenvalue weighted by Gasteiger charge is -2.22. The Morgan fingerprint density at radius 1 is 1.35 bits per heavy atom. The molecule has 0 radical (unpaired) electrons. The average molecular weight is 363 g/mol. The molecule has 0 spiro atoms. The minimum Gasteiger partial charge on any atom is -0.481 e. The third kappa shape index (κ3) is 6.10. The van der Waals surface area contributed by atoms with Crippen molar-refractivity contribution in [3.8, 4) is 6.07 Å². The highest BCUT2D eigenvalue weighted by molar-refractivity contribution is 5.67. The highest BCUT2D eigenvalue weighted by Crippen LogP contribution is 2.36. The Labute approximate surface area is 155 Å². The van der Waals surface area contributed by atoms with Crippen molar-refractivity contribution in [2.75, 3.05) is 7.11 Å². The molecule has 0 amide bonds. The van der Waals surface area contributed by atoms with Crippen LogP contribution < -0.4 is 0 Å². The van der Waals surface area contributed by atoms with Crippen LogP contribution in [0.1, 0.15) is 63.5 Å². The van der Waals surface area contributed by atoms with Crippen LogP contribution in [0.15, 0.2) is 18.2 Å². The Morgan fingerprint density at radius 2 is 1.96 bits per heavy atom. The van der Waals surface area contributed by atoms with Gasteiger partial charge >= 0.3 is 5.97 Å². The van der Waals surface area contributed by atoms with Crippen molar-refractivity contribution in [3.05, 3.63) is 35.1 Å². The number of aliphatic hydroxyl groups excluding tert-OH is 1. The molecule has 0 bridgehead atoms. The number of halogens is 1. The van der Waals surface area contributed by atoms with E-state index in [2.05, 4.69) is 6.07 Å². The van der Waals surface area contributed by atoms with Gasteiger partial charge in [0.05, 0.1) is 11.5 Å². The molecule has 26 heavy (non-hydrogen) atoms. The van der Waals surface area contributed by atoms with Crippen molar-refractivity contribution >= 4 is 5.97 Å². The molecule has 1 aromatic carbocycles. The topological polar surface area (TPSA) is 81.3 Å². The van der Waals surface area contributed by atoms with Crippen molar-refractivity contribution in [1.29, 1.82) is 5.26 Å². The van der Waals surface area contributed by atoms with Crippen molar-refractivity contribution in [3.63, 3.8) is 0 Å². The number of carbonyl (C=O) groups is 1. The van der Waals surface area contributed by atoms with E-state index in [1.807, 2.05) is 6.07 Å². The van der Waals surface area contributed by atoms with E-state index in [0.717, 1.165) is 31.9 Å². The first-order valence-corrected chi connectivity index (χ1v) is 9.20. The van der Waals surface area contributed by atoms with Gasteiger partial charge in [0.15, 0.2) is 0 Å². The van der Waals surface area contributed by atoms with Crippen LogP contribution in [0.4, 0.5) is 4.39 Å². The van der Waals surface area contributed by atoms with Crippen LogP contribution in [0, 0.1) is 29.0 Å². The SMILES string of the molecule is CC(C)(C#N)c1ccc(CCC(CC(=O)O)C2CCCC2)cc1F.CO. The number of aliphatic carboxylic acids is 1. The lowest BCUT2D eigenvalue weighted by molar-refractivity contribution is -0.138. The molecule has 1 aromatic rings. The Kier molecular flexibility index (Phi) is 8.74. The van der Waals surface area contributed by atoms with Crippen LogP contribution in [0.3, 0.4) is 0 Å². The van der Waals surface area contributed by atoms with Gasteiger partial charge in [0.25, 0.3) is 0 Å². The number of nitrogens with zero attached hydrogens (tertiary/aromatic N) is 1. The van der Waals surface area contributed by atoms with Crippen molar-refractivity contribution in [1.82, 2.24) is 0 Å². The van der Waals surface area contributed by atoms with Gasteiger partial charge in [-0.1, -0.05) is 37.8 Å². The second-order valence-electron chi connectivity index (χ2n) is 7.49. The quantitative estimate of drug-likeness (QED) is 0.750. The Balaban J connectivity index is 0.00000163. The molecule has 1 aliphatic carbocycles. The number of aliphatic hydroxyl groups is 1. The third-order valence-electron chi connectivity index (χ3n) is 5.29. The average Bonchev–Trinajstić information content (AvgIpc) is 3.14. The van der Waals surface area contributed by atoms with E-state index in [1.165, 1.54) is 18.9 Å². The lowest BCUT2D eigenvalue weighted by atomic mass is 9.82. The van der Waals surface area contributed by atoms with Crippen LogP contribution >= 0.6 is 0 Å². The summed E-state index contributed by atoms with van der Waals surface area (Å²) in [5.41, 5.74) is 0.434. The van der Waals surface area contributed by atoms with Crippen LogP contribution in [-0.4, -0.2) is 23.3 Å². The minimum atomic E-state index is -0.849. The highest BCUT2D eigenvalue weighted by atomic mass is 19.1. The maximum Gasteiger partial charge on any atom is 0.303 e. The molecule has 0 aromatic heterocycles. The number of aryl methyl sites for hydroxylation is 1. The lowest BCUT2D eigenvalue weighted by Crippen LogP contribution is -2.18. The van der Waals surface area contributed by atoms with Gasteiger partial charge in [-0.05, 0) is 50.2 Å². The number of benzene rings is 1. The summed E-state index contributed by atoms with van der Waals surface area (Å²) in [6.45, 7) is 3.40. The molecular weight excluding hydrogens is 333 g/mol. The summed E-state index contributed by atoms with van der Waals surface area (Å²) in [7, 11) is 1.00. The maximum atomic E-state index is 14.3. The van der Waals surface area contributed by atoms with E-state index in [-0.39, 0.29) is 18.2 Å². The number of carboxylic acid groups (broad SMARTS) is 1. The summed E-state index contributed by atoms with van der Waals surface area (Å²) in [6, 6.07) is 7.18. The normalized spacial score (nSPS) is 15.7. The second-order valence-corrected chi connectivity index (χ2v) is 7.49. The van der Waals surface area contributed by atoms with Gasteiger partial charge < -0.3 is 10.2 Å². The van der Waals surface area contributed by atoms with E-state index >= 15 is 0 Å². The summed E-state index contributed by atoms with van der Waals surface area (Å²) in [4.78, 5) is 11.1. The standard InChI is InChI=1S/C20H26FNO2.CH4O/c1-20(2,13-22)17-10-8-14(11-18(17)21)7-9-16(12-19(23)24)15-5-3-4-6-15;1-2/h8,10-11,15-16H,3-7,9,12H2,1-2H3,(H,23,24);2H,1H3. The van der Waals surface area contributed by atoms with Crippen LogP contribution in [0.5, 0.6) is 0 Å². The van der Waals surface area contributed by atoms with Crippen LogP contribution in [0.2, 0.25) is 0 Å². The van der Waals surface area contributed by atoms with E-state index in [9.17, 15) is 9.18 Å². The van der Waals surface area contributed by atoms with Gasteiger partial charge in [-0.25, -0.2) is 4.39 Å². The van der Waals surface area contributed by atoms with Crippen molar-refractivity contribution in [2.45, 2.75) is 64.2 Å². The Hall–Kier alpha value is -1.93. The molecule has 0 aliphatic heterocycles. The first-order chi connectivity index (χ1) is 12.3. The Bertz CT molecular complexity index is 631. The molecule has 1 fully saturated rings. The zero-order valence-electron chi connectivity index (χ0n) is 16.0. The predicted molar refractivity (Wildman–Crippen MR) is 99.2 cm³/mol. The monoisotopic (exact) mass is 363 g/mol. The predicted octanol–water partition coefficient (Wildman–Crippen LogP) is 4.45. The second kappa shape index (κ2) is 10.3. The summed E-state index contributed by atoms with van der Waals surface area (Å²) >= 11 is 0. The highest BCUT2D eigenvalue weighted by Gasteiger charge is 2.27. The summed E-state index contributed by atoms with van der Waals surface area (Å²) in [5.74, 6) is -0.440. The zero-order chi connectivity index (χ0) is 19.7. The molecule has 1 unspecified atom stereocenters. The smallest absolute Gasteiger partial charge is 0.303 e. The summed E-state index contributed by atoms with van der Waals surface area (Å²) in [5, 5.41) is 25.3. The summed E-state index contributed by atoms with van der Waals surface area (Å²) in [6.07, 6.45) is 6.26. The molecule has 1 atom stereocenters. The molecule has 1 aliphatic rings. The van der Waals surface area contributed by atoms with Gasteiger partial charge in [-0.15, -0.1) is 0 Å². The molecule has 4 nitrogen and oxygen atoms in total. The summed E-state index contributed by atoms with van der Waals surface area (Å²) < 4.78 is 14.3. The molecular formula is C21H30FNO3. The maximum absolute atomic E-state index is 14.3. The fourth-order valence-electron chi connectivity index (χ4n) is 3.79. The van der Waals surface area contributed by atoms with E-state index in [1.54, 1.807) is 19.9 Å². The van der Waals surface area contributed by atoms with Crippen LogP contribution in [0.25, 0.3) is 0 Å². The number of hydrogen-bond acceptors (Lipinski definition) is 3. The number of carboxylic acids is 1. The molecule has 2 rings (SSSR count). The largest absolute Gasteiger partial charge is 0.481 e.